The molecule has 150 valence electrons. The molecular weight excluding hydrogens is 398 g/mol. The number of carbonyl (C=O) groups excluding carboxylic acids is 1. The third-order valence-corrected chi connectivity index (χ3v) is 5.79. The van der Waals surface area contributed by atoms with Gasteiger partial charge in [0.15, 0.2) is 5.76 Å². The highest BCUT2D eigenvalue weighted by Crippen LogP contribution is 2.43. The first-order valence-electron chi connectivity index (χ1n) is 9.84. The lowest BCUT2D eigenvalue weighted by Gasteiger charge is -2.30. The topological polar surface area (TPSA) is 38.8 Å². The van der Waals surface area contributed by atoms with Crippen LogP contribution in [-0.4, -0.2) is 17.4 Å². The van der Waals surface area contributed by atoms with Gasteiger partial charge in [0, 0.05) is 29.2 Å². The SMILES string of the molecule is Cc1c2c(cc3c1O/C(=C\c1ccccc1Cl)C3=O)CN(Cc1ccccc1)CO2. The molecule has 0 saturated heterocycles. The Morgan fingerprint density at radius 3 is 2.63 bits per heavy atom. The second-order valence-electron chi connectivity index (χ2n) is 7.57. The van der Waals surface area contributed by atoms with Gasteiger partial charge in [-0.1, -0.05) is 60.1 Å². The summed E-state index contributed by atoms with van der Waals surface area (Å²) < 4.78 is 12.0. The lowest BCUT2D eigenvalue weighted by Crippen LogP contribution is -2.32. The van der Waals surface area contributed by atoms with Crippen LogP contribution >= 0.6 is 11.6 Å². The van der Waals surface area contributed by atoms with E-state index in [1.807, 2.05) is 49.4 Å². The predicted molar refractivity (Wildman–Crippen MR) is 117 cm³/mol. The van der Waals surface area contributed by atoms with Gasteiger partial charge in [0.05, 0.1) is 5.56 Å². The average molecular weight is 418 g/mol. The van der Waals surface area contributed by atoms with Crippen molar-refractivity contribution in [3.63, 3.8) is 0 Å². The molecule has 5 heteroatoms. The Morgan fingerprint density at radius 1 is 1.07 bits per heavy atom. The molecule has 3 aromatic rings. The van der Waals surface area contributed by atoms with Gasteiger partial charge in [0.25, 0.3) is 0 Å². The number of Topliss-reactive ketones (excluding diaryl/α,β-unsaturated/α-hetero) is 1. The quantitative estimate of drug-likeness (QED) is 0.519. The van der Waals surface area contributed by atoms with Crippen LogP contribution in [-0.2, 0) is 13.1 Å². The zero-order valence-electron chi connectivity index (χ0n) is 16.5. The van der Waals surface area contributed by atoms with Gasteiger partial charge in [0.1, 0.15) is 18.2 Å². The number of fused-ring (bicyclic) bond motifs is 2. The molecule has 0 fully saturated rings. The van der Waals surface area contributed by atoms with E-state index in [1.165, 1.54) is 5.56 Å². The highest BCUT2D eigenvalue weighted by Gasteiger charge is 2.33. The van der Waals surface area contributed by atoms with E-state index < -0.39 is 0 Å². The number of allylic oxidation sites excluding steroid dienone is 1. The monoisotopic (exact) mass is 417 g/mol. The van der Waals surface area contributed by atoms with Crippen LogP contribution in [0.25, 0.3) is 6.08 Å². The molecule has 2 aliphatic heterocycles. The van der Waals surface area contributed by atoms with E-state index in [1.54, 1.807) is 12.1 Å². The summed E-state index contributed by atoms with van der Waals surface area (Å²) in [6.07, 6.45) is 1.70. The molecule has 0 atom stereocenters. The standard InChI is InChI=1S/C25H20ClNO3/c1-16-24-19(14-27(15-29-24)13-17-7-3-2-4-8-17)11-20-23(28)22(30-25(16)20)12-18-9-5-6-10-21(18)26/h2-12H,13-15H2,1H3/b22-12-. The first kappa shape index (κ1) is 18.9. The van der Waals surface area contributed by atoms with Crippen molar-refractivity contribution in [2.45, 2.75) is 20.0 Å². The Morgan fingerprint density at radius 2 is 1.83 bits per heavy atom. The number of benzene rings is 3. The number of ether oxygens (including phenoxy) is 2. The molecule has 0 unspecified atom stereocenters. The zero-order valence-corrected chi connectivity index (χ0v) is 17.3. The van der Waals surface area contributed by atoms with Crippen LogP contribution in [0.5, 0.6) is 11.5 Å². The molecule has 0 spiro atoms. The number of rotatable bonds is 3. The smallest absolute Gasteiger partial charge is 0.231 e. The van der Waals surface area contributed by atoms with Crippen molar-refractivity contribution < 1.29 is 14.3 Å². The van der Waals surface area contributed by atoms with Crippen molar-refractivity contribution in [1.29, 1.82) is 0 Å². The molecule has 2 heterocycles. The van der Waals surface area contributed by atoms with Crippen molar-refractivity contribution in [1.82, 2.24) is 4.90 Å². The molecule has 0 bridgehead atoms. The maximum atomic E-state index is 13.0. The van der Waals surface area contributed by atoms with Gasteiger partial charge in [-0.3, -0.25) is 9.69 Å². The largest absolute Gasteiger partial charge is 0.477 e. The van der Waals surface area contributed by atoms with E-state index in [2.05, 4.69) is 17.0 Å². The van der Waals surface area contributed by atoms with Crippen molar-refractivity contribution in [3.8, 4) is 11.5 Å². The highest BCUT2D eigenvalue weighted by atomic mass is 35.5. The minimum atomic E-state index is -0.129. The highest BCUT2D eigenvalue weighted by molar-refractivity contribution is 6.32. The minimum Gasteiger partial charge on any atom is -0.477 e. The molecule has 5 rings (SSSR count). The number of nitrogens with zero attached hydrogens (tertiary/aromatic N) is 1. The zero-order chi connectivity index (χ0) is 20.7. The first-order valence-corrected chi connectivity index (χ1v) is 10.2. The Bertz CT molecular complexity index is 1170. The normalized spacial score (nSPS) is 16.7. The van der Waals surface area contributed by atoms with Crippen LogP contribution in [0.4, 0.5) is 0 Å². The van der Waals surface area contributed by atoms with Crippen molar-refractivity contribution in [2.24, 2.45) is 0 Å². The fraction of sp³-hybridized carbons (Fsp3) is 0.160. The van der Waals surface area contributed by atoms with Crippen molar-refractivity contribution in [2.75, 3.05) is 6.73 Å². The van der Waals surface area contributed by atoms with E-state index >= 15 is 0 Å². The Kier molecular flexibility index (Phi) is 4.81. The van der Waals surface area contributed by atoms with Gasteiger partial charge in [-0.25, -0.2) is 0 Å². The Labute approximate surface area is 180 Å². The third kappa shape index (κ3) is 3.38. The van der Waals surface area contributed by atoms with Gasteiger partial charge in [0.2, 0.25) is 5.78 Å². The fourth-order valence-corrected chi connectivity index (χ4v) is 4.16. The molecule has 0 saturated carbocycles. The minimum absolute atomic E-state index is 0.129. The summed E-state index contributed by atoms with van der Waals surface area (Å²) in [5.74, 6) is 1.54. The predicted octanol–water partition coefficient (Wildman–Crippen LogP) is 5.62. The molecule has 30 heavy (non-hydrogen) atoms. The lowest BCUT2D eigenvalue weighted by molar-refractivity contribution is 0.0876. The molecule has 0 N–H and O–H groups in total. The summed E-state index contributed by atoms with van der Waals surface area (Å²) in [4.78, 5) is 15.2. The summed E-state index contributed by atoms with van der Waals surface area (Å²) in [5.41, 5.74) is 4.42. The number of hydrogen-bond acceptors (Lipinski definition) is 4. The molecule has 0 aliphatic carbocycles. The maximum absolute atomic E-state index is 13.0. The maximum Gasteiger partial charge on any atom is 0.231 e. The molecule has 3 aromatic carbocycles. The van der Waals surface area contributed by atoms with Crippen LogP contribution in [0.15, 0.2) is 66.4 Å². The lowest BCUT2D eigenvalue weighted by atomic mass is 10.00. The number of ketones is 1. The van der Waals surface area contributed by atoms with E-state index in [9.17, 15) is 4.79 Å². The average Bonchev–Trinajstić information content (AvgIpc) is 3.06. The van der Waals surface area contributed by atoms with Gasteiger partial charge in [-0.15, -0.1) is 0 Å². The van der Waals surface area contributed by atoms with E-state index in [-0.39, 0.29) is 11.5 Å². The van der Waals surface area contributed by atoms with Crippen LogP contribution < -0.4 is 9.47 Å². The first-order chi connectivity index (χ1) is 14.6. The molecule has 0 aromatic heterocycles. The summed E-state index contributed by atoms with van der Waals surface area (Å²) in [5, 5.41) is 0.577. The molecule has 4 nitrogen and oxygen atoms in total. The van der Waals surface area contributed by atoms with E-state index in [0.717, 1.165) is 35.5 Å². The summed E-state index contributed by atoms with van der Waals surface area (Å²) in [7, 11) is 0. The van der Waals surface area contributed by atoms with Crippen molar-refractivity contribution >= 4 is 23.5 Å². The third-order valence-electron chi connectivity index (χ3n) is 5.44. The second kappa shape index (κ2) is 7.63. The van der Waals surface area contributed by atoms with Gasteiger partial charge in [-0.2, -0.15) is 0 Å². The van der Waals surface area contributed by atoms with Crippen LogP contribution in [0, 0.1) is 6.92 Å². The van der Waals surface area contributed by atoms with E-state index in [0.29, 0.717) is 23.1 Å². The van der Waals surface area contributed by atoms with Crippen LogP contribution in [0.3, 0.4) is 0 Å². The number of hydrogen-bond donors (Lipinski definition) is 0. The molecule has 2 aliphatic rings. The summed E-state index contributed by atoms with van der Waals surface area (Å²) >= 11 is 6.24. The second-order valence-corrected chi connectivity index (χ2v) is 7.98. The van der Waals surface area contributed by atoms with E-state index in [4.69, 9.17) is 21.1 Å². The Balaban J connectivity index is 1.44. The summed E-state index contributed by atoms with van der Waals surface area (Å²) in [6.45, 7) is 3.95. The van der Waals surface area contributed by atoms with Gasteiger partial charge >= 0.3 is 0 Å². The van der Waals surface area contributed by atoms with Gasteiger partial charge in [-0.05, 0) is 36.3 Å². The number of carbonyl (C=O) groups is 1. The fourth-order valence-electron chi connectivity index (χ4n) is 3.97. The summed E-state index contributed by atoms with van der Waals surface area (Å²) in [6, 6.07) is 19.6. The van der Waals surface area contributed by atoms with Crippen LogP contribution in [0.1, 0.15) is 32.6 Å². The van der Waals surface area contributed by atoms with Gasteiger partial charge < -0.3 is 9.47 Å². The Hall–Kier alpha value is -3.08. The van der Waals surface area contributed by atoms with Crippen molar-refractivity contribution in [3.05, 3.63) is 99.3 Å². The number of halogens is 1. The van der Waals surface area contributed by atoms with Crippen LogP contribution in [0.2, 0.25) is 5.02 Å². The molecular formula is C25H20ClNO3. The molecule has 0 amide bonds. The molecule has 0 radical (unpaired) electrons.